The molecule has 6 heteroatoms. The number of aryl methyl sites for hydroxylation is 1. The Labute approximate surface area is 121 Å². The Balaban J connectivity index is 2.39. The molecule has 19 heavy (non-hydrogen) atoms. The molecule has 1 amide bonds. The van der Waals surface area contributed by atoms with Crippen molar-refractivity contribution >= 4 is 40.1 Å². The predicted octanol–water partition coefficient (Wildman–Crippen LogP) is 3.26. The highest BCUT2D eigenvalue weighted by molar-refractivity contribution is 6.31. The zero-order chi connectivity index (χ0) is 14.0. The lowest BCUT2D eigenvalue weighted by atomic mass is 10.2. The standard InChI is InChI=1S/C13H15Cl2N3O/c1-8(14)13-17-10-5-4-9(15)7-11(10)18(13)6-2-3-12(16)19/h4-5,7-8H,2-3,6H2,1H3,(H2,16,19). The second kappa shape index (κ2) is 5.80. The second-order valence-electron chi connectivity index (χ2n) is 4.44. The average Bonchev–Trinajstić information content (AvgIpc) is 2.67. The highest BCUT2D eigenvalue weighted by Gasteiger charge is 2.15. The first-order valence-corrected chi connectivity index (χ1v) is 6.88. The van der Waals surface area contributed by atoms with E-state index in [0.717, 1.165) is 16.9 Å². The van der Waals surface area contributed by atoms with Crippen LogP contribution >= 0.6 is 23.2 Å². The normalized spacial score (nSPS) is 12.8. The minimum absolute atomic E-state index is 0.209. The Bertz CT molecular complexity index is 607. The highest BCUT2D eigenvalue weighted by atomic mass is 35.5. The van der Waals surface area contributed by atoms with Crippen molar-refractivity contribution in [2.24, 2.45) is 5.73 Å². The zero-order valence-corrected chi connectivity index (χ0v) is 12.1. The maximum Gasteiger partial charge on any atom is 0.217 e. The van der Waals surface area contributed by atoms with Crippen molar-refractivity contribution in [1.82, 2.24) is 9.55 Å². The summed E-state index contributed by atoms with van der Waals surface area (Å²) in [6.07, 6.45) is 1.00. The molecule has 0 aliphatic heterocycles. The lowest BCUT2D eigenvalue weighted by Crippen LogP contribution is -2.12. The Kier molecular flexibility index (Phi) is 4.32. The van der Waals surface area contributed by atoms with Gasteiger partial charge < -0.3 is 10.3 Å². The minimum Gasteiger partial charge on any atom is -0.370 e. The first-order chi connectivity index (χ1) is 8.99. The number of alkyl halides is 1. The third-order valence-corrected chi connectivity index (χ3v) is 3.33. The molecule has 0 fully saturated rings. The summed E-state index contributed by atoms with van der Waals surface area (Å²) < 4.78 is 2.00. The van der Waals surface area contributed by atoms with Crippen LogP contribution < -0.4 is 5.73 Å². The number of hydrogen-bond donors (Lipinski definition) is 1. The number of imidazole rings is 1. The number of amides is 1. The van der Waals surface area contributed by atoms with Gasteiger partial charge in [-0.15, -0.1) is 11.6 Å². The third-order valence-electron chi connectivity index (χ3n) is 2.90. The van der Waals surface area contributed by atoms with E-state index in [0.29, 0.717) is 24.4 Å². The molecule has 2 rings (SSSR count). The first-order valence-electron chi connectivity index (χ1n) is 6.07. The highest BCUT2D eigenvalue weighted by Crippen LogP contribution is 2.26. The van der Waals surface area contributed by atoms with Gasteiger partial charge in [0.1, 0.15) is 5.82 Å². The fraction of sp³-hybridized carbons (Fsp3) is 0.385. The van der Waals surface area contributed by atoms with Crippen LogP contribution in [0.4, 0.5) is 0 Å². The van der Waals surface area contributed by atoms with Crippen LogP contribution in [0.5, 0.6) is 0 Å². The second-order valence-corrected chi connectivity index (χ2v) is 5.53. The van der Waals surface area contributed by atoms with Gasteiger partial charge in [0.05, 0.1) is 16.4 Å². The van der Waals surface area contributed by atoms with Crippen LogP contribution in [0.15, 0.2) is 18.2 Å². The van der Waals surface area contributed by atoms with Crippen LogP contribution in [0, 0.1) is 0 Å². The van der Waals surface area contributed by atoms with Gasteiger partial charge in [-0.2, -0.15) is 0 Å². The van der Waals surface area contributed by atoms with E-state index in [-0.39, 0.29) is 11.3 Å². The first kappa shape index (κ1) is 14.2. The van der Waals surface area contributed by atoms with Gasteiger partial charge in [0.2, 0.25) is 5.91 Å². The van der Waals surface area contributed by atoms with Crippen molar-refractivity contribution in [3.63, 3.8) is 0 Å². The molecule has 1 unspecified atom stereocenters. The summed E-state index contributed by atoms with van der Waals surface area (Å²) in [4.78, 5) is 15.3. The summed E-state index contributed by atoms with van der Waals surface area (Å²) in [5.74, 6) is 0.478. The average molecular weight is 300 g/mol. The van der Waals surface area contributed by atoms with Crippen molar-refractivity contribution in [2.75, 3.05) is 0 Å². The van der Waals surface area contributed by atoms with E-state index in [2.05, 4.69) is 4.98 Å². The molecule has 0 saturated carbocycles. The van der Waals surface area contributed by atoms with E-state index in [1.807, 2.05) is 23.6 Å². The molecule has 4 nitrogen and oxygen atoms in total. The zero-order valence-electron chi connectivity index (χ0n) is 10.6. The molecule has 102 valence electrons. The number of aromatic nitrogens is 2. The van der Waals surface area contributed by atoms with Gasteiger partial charge in [-0.1, -0.05) is 11.6 Å². The molecule has 2 aromatic rings. The van der Waals surface area contributed by atoms with Crippen LogP contribution in [-0.4, -0.2) is 15.5 Å². The quantitative estimate of drug-likeness (QED) is 0.862. The van der Waals surface area contributed by atoms with Gasteiger partial charge in [0.25, 0.3) is 0 Å². The van der Waals surface area contributed by atoms with Crippen LogP contribution in [0.3, 0.4) is 0 Å². The van der Waals surface area contributed by atoms with Crippen LogP contribution in [0.25, 0.3) is 11.0 Å². The SMILES string of the molecule is CC(Cl)c1nc2ccc(Cl)cc2n1CCCC(N)=O. The smallest absolute Gasteiger partial charge is 0.217 e. The Morgan fingerprint density at radius 2 is 2.26 bits per heavy atom. The molecule has 0 saturated heterocycles. The molecule has 0 radical (unpaired) electrons. The molecular weight excluding hydrogens is 285 g/mol. The maximum atomic E-state index is 10.8. The molecule has 0 spiro atoms. The Hall–Kier alpha value is -1.26. The summed E-state index contributed by atoms with van der Waals surface area (Å²) in [6.45, 7) is 2.52. The van der Waals surface area contributed by atoms with E-state index in [9.17, 15) is 4.79 Å². The van der Waals surface area contributed by atoms with Crippen LogP contribution in [0.1, 0.15) is 31.0 Å². The van der Waals surface area contributed by atoms with E-state index in [4.69, 9.17) is 28.9 Å². The van der Waals surface area contributed by atoms with Crippen molar-refractivity contribution in [3.05, 3.63) is 29.0 Å². The predicted molar refractivity (Wildman–Crippen MR) is 77.4 cm³/mol. The molecule has 1 aromatic carbocycles. The maximum absolute atomic E-state index is 10.8. The molecule has 1 atom stereocenters. The minimum atomic E-state index is -0.303. The molecular formula is C13H15Cl2N3O. The number of primary amides is 1. The summed E-state index contributed by atoms with van der Waals surface area (Å²) >= 11 is 12.2. The molecule has 0 bridgehead atoms. The topological polar surface area (TPSA) is 60.9 Å². The number of benzene rings is 1. The van der Waals surface area contributed by atoms with Gasteiger partial charge in [0, 0.05) is 18.0 Å². The number of nitrogens with zero attached hydrogens (tertiary/aromatic N) is 2. The number of rotatable bonds is 5. The van der Waals surface area contributed by atoms with Gasteiger partial charge in [-0.05, 0) is 31.5 Å². The molecule has 0 aliphatic carbocycles. The van der Waals surface area contributed by atoms with Gasteiger partial charge in [-0.3, -0.25) is 4.79 Å². The third kappa shape index (κ3) is 3.19. The number of carbonyl (C=O) groups is 1. The summed E-state index contributed by atoms with van der Waals surface area (Å²) in [5, 5.41) is 0.442. The van der Waals surface area contributed by atoms with Crippen molar-refractivity contribution in [3.8, 4) is 0 Å². The van der Waals surface area contributed by atoms with Crippen LogP contribution in [-0.2, 0) is 11.3 Å². The largest absolute Gasteiger partial charge is 0.370 e. The number of hydrogen-bond acceptors (Lipinski definition) is 2. The van der Waals surface area contributed by atoms with Crippen molar-refractivity contribution in [2.45, 2.75) is 31.7 Å². The summed E-state index contributed by atoms with van der Waals surface area (Å²) in [5.41, 5.74) is 6.94. The Morgan fingerprint density at radius 3 is 2.89 bits per heavy atom. The molecule has 2 N–H and O–H groups in total. The molecule has 0 aliphatic rings. The fourth-order valence-electron chi connectivity index (χ4n) is 2.06. The van der Waals surface area contributed by atoms with E-state index >= 15 is 0 Å². The lowest BCUT2D eigenvalue weighted by molar-refractivity contribution is -0.118. The molecule has 1 heterocycles. The number of carbonyl (C=O) groups excluding carboxylic acids is 1. The van der Waals surface area contributed by atoms with Crippen LogP contribution in [0.2, 0.25) is 5.02 Å². The number of fused-ring (bicyclic) bond motifs is 1. The summed E-state index contributed by atoms with van der Waals surface area (Å²) in [6, 6.07) is 5.52. The van der Waals surface area contributed by atoms with E-state index in [1.54, 1.807) is 6.07 Å². The van der Waals surface area contributed by atoms with Gasteiger partial charge >= 0.3 is 0 Å². The summed E-state index contributed by atoms with van der Waals surface area (Å²) in [7, 11) is 0. The van der Waals surface area contributed by atoms with Gasteiger partial charge in [0.15, 0.2) is 0 Å². The Morgan fingerprint density at radius 1 is 1.53 bits per heavy atom. The van der Waals surface area contributed by atoms with Crippen molar-refractivity contribution in [1.29, 1.82) is 0 Å². The molecule has 1 aromatic heterocycles. The van der Waals surface area contributed by atoms with E-state index < -0.39 is 0 Å². The fourth-order valence-corrected chi connectivity index (χ4v) is 2.40. The van der Waals surface area contributed by atoms with Gasteiger partial charge in [-0.25, -0.2) is 4.98 Å². The number of halogens is 2. The lowest BCUT2D eigenvalue weighted by Gasteiger charge is -2.09. The van der Waals surface area contributed by atoms with Crippen molar-refractivity contribution < 1.29 is 4.79 Å². The van der Waals surface area contributed by atoms with E-state index in [1.165, 1.54) is 0 Å². The monoisotopic (exact) mass is 299 g/mol. The number of nitrogens with two attached hydrogens (primary N) is 1.